The monoisotopic (exact) mass is 394 g/mol. The van der Waals surface area contributed by atoms with Crippen molar-refractivity contribution in [1.82, 2.24) is 0 Å². The minimum atomic E-state index is -1.13. The summed E-state index contributed by atoms with van der Waals surface area (Å²) < 4.78 is 10.3. The van der Waals surface area contributed by atoms with Crippen molar-refractivity contribution in [2.24, 2.45) is 0 Å². The third-order valence-electron chi connectivity index (χ3n) is 4.31. The molecule has 0 heterocycles. The van der Waals surface area contributed by atoms with Crippen LogP contribution in [-0.2, 0) is 9.53 Å². The van der Waals surface area contributed by atoms with E-state index in [-0.39, 0.29) is 17.0 Å². The molecule has 148 valence electrons. The minimum Gasteiger partial charge on any atom is -0.496 e. The van der Waals surface area contributed by atoms with E-state index in [2.05, 4.69) is 5.32 Å². The number of hydrogen-bond acceptors (Lipinski definition) is 6. The van der Waals surface area contributed by atoms with E-state index in [0.717, 1.165) is 16.8 Å². The van der Waals surface area contributed by atoms with Gasteiger partial charge in [-0.05, 0) is 24.4 Å². The zero-order valence-electron chi connectivity index (χ0n) is 15.7. The Kier molecular flexibility index (Phi) is 5.73. The first kappa shape index (κ1) is 19.8. The van der Waals surface area contributed by atoms with E-state index < -0.39 is 22.9 Å². The van der Waals surface area contributed by atoms with E-state index in [9.17, 15) is 19.7 Å². The fourth-order valence-corrected chi connectivity index (χ4v) is 2.82. The van der Waals surface area contributed by atoms with Crippen LogP contribution in [-0.4, -0.2) is 30.0 Å². The molecule has 0 unspecified atom stereocenters. The molecule has 0 aliphatic rings. The number of nitro groups is 1. The molecule has 0 aliphatic heterocycles. The van der Waals surface area contributed by atoms with Gasteiger partial charge in [0.05, 0.1) is 12.0 Å². The lowest BCUT2D eigenvalue weighted by atomic mass is 10.1. The maximum absolute atomic E-state index is 12.5. The second-order valence-corrected chi connectivity index (χ2v) is 6.21. The van der Waals surface area contributed by atoms with Gasteiger partial charge in [0, 0.05) is 23.2 Å². The van der Waals surface area contributed by atoms with Crippen LogP contribution in [0, 0.1) is 10.1 Å². The summed E-state index contributed by atoms with van der Waals surface area (Å²) in [6.07, 6.45) is -1.13. The topological polar surface area (TPSA) is 108 Å². The molecule has 29 heavy (non-hydrogen) atoms. The van der Waals surface area contributed by atoms with Gasteiger partial charge in [-0.25, -0.2) is 4.79 Å². The average molecular weight is 394 g/mol. The Bertz CT molecular complexity index is 1090. The molecule has 0 radical (unpaired) electrons. The number of benzene rings is 3. The number of fused-ring (bicyclic) bond motifs is 1. The molecule has 0 spiro atoms. The maximum atomic E-state index is 12.5. The zero-order valence-corrected chi connectivity index (χ0v) is 15.7. The molecule has 1 N–H and O–H groups in total. The number of nitrogens with one attached hydrogen (secondary N) is 1. The lowest BCUT2D eigenvalue weighted by Gasteiger charge is -2.15. The summed E-state index contributed by atoms with van der Waals surface area (Å²) in [5.74, 6) is -1.31. The van der Waals surface area contributed by atoms with E-state index >= 15 is 0 Å². The predicted octanol–water partition coefficient (Wildman–Crippen LogP) is 3.94. The normalized spacial score (nSPS) is 11.5. The van der Waals surface area contributed by atoms with Crippen molar-refractivity contribution in [2.75, 3.05) is 12.4 Å². The van der Waals surface area contributed by atoms with Gasteiger partial charge in [-0.15, -0.1) is 0 Å². The summed E-state index contributed by atoms with van der Waals surface area (Å²) in [7, 11) is 1.33. The number of anilines is 1. The summed E-state index contributed by atoms with van der Waals surface area (Å²) in [6, 6.07) is 16.6. The van der Waals surface area contributed by atoms with Crippen molar-refractivity contribution in [1.29, 1.82) is 0 Å². The van der Waals surface area contributed by atoms with Gasteiger partial charge in [0.25, 0.3) is 11.6 Å². The Morgan fingerprint density at radius 2 is 1.79 bits per heavy atom. The Morgan fingerprint density at radius 1 is 1.07 bits per heavy atom. The third-order valence-corrected chi connectivity index (χ3v) is 4.31. The minimum absolute atomic E-state index is 0.113. The van der Waals surface area contributed by atoms with E-state index in [4.69, 9.17) is 9.47 Å². The molecule has 8 heteroatoms. The molecule has 0 aliphatic carbocycles. The molecule has 0 bridgehead atoms. The Labute approximate surface area is 166 Å². The Morgan fingerprint density at radius 3 is 2.52 bits per heavy atom. The first-order valence-corrected chi connectivity index (χ1v) is 8.72. The zero-order chi connectivity index (χ0) is 21.0. The number of nitro benzene ring substituents is 1. The first-order chi connectivity index (χ1) is 13.9. The molecule has 3 rings (SSSR count). The second kappa shape index (κ2) is 8.39. The number of carbonyl (C=O) groups excluding carboxylic acids is 2. The number of methoxy groups -OCH3 is 1. The van der Waals surface area contributed by atoms with Crippen LogP contribution < -0.4 is 10.1 Å². The number of rotatable bonds is 6. The SMILES string of the molecule is COc1ccc([N+](=O)[O-])cc1C(=O)O[C@@H](C)C(=O)Nc1cccc2ccccc12. The van der Waals surface area contributed by atoms with Gasteiger partial charge in [0.1, 0.15) is 11.3 Å². The summed E-state index contributed by atoms with van der Waals surface area (Å²) in [6.45, 7) is 1.42. The molecule has 0 saturated heterocycles. The maximum Gasteiger partial charge on any atom is 0.342 e. The van der Waals surface area contributed by atoms with Gasteiger partial charge in [0.2, 0.25) is 0 Å². The van der Waals surface area contributed by atoms with Gasteiger partial charge in [-0.2, -0.15) is 0 Å². The second-order valence-electron chi connectivity index (χ2n) is 6.21. The molecule has 1 amide bonds. The molecular weight excluding hydrogens is 376 g/mol. The largest absolute Gasteiger partial charge is 0.496 e. The highest BCUT2D eigenvalue weighted by Crippen LogP contribution is 2.26. The lowest BCUT2D eigenvalue weighted by molar-refractivity contribution is -0.384. The number of esters is 1. The fourth-order valence-electron chi connectivity index (χ4n) is 2.82. The number of carbonyl (C=O) groups is 2. The number of hydrogen-bond donors (Lipinski definition) is 1. The van der Waals surface area contributed by atoms with E-state index in [1.165, 1.54) is 26.2 Å². The van der Waals surface area contributed by atoms with Crippen LogP contribution >= 0.6 is 0 Å². The number of non-ortho nitro benzene ring substituents is 1. The van der Waals surface area contributed by atoms with E-state index in [1.54, 1.807) is 6.07 Å². The number of amides is 1. The fraction of sp³-hybridized carbons (Fsp3) is 0.143. The number of nitrogens with zero attached hydrogens (tertiary/aromatic N) is 1. The van der Waals surface area contributed by atoms with Crippen LogP contribution in [0.15, 0.2) is 60.7 Å². The summed E-state index contributed by atoms with van der Waals surface area (Å²) in [5.41, 5.74) is 0.168. The van der Waals surface area contributed by atoms with Crippen LogP contribution in [0.5, 0.6) is 5.75 Å². The smallest absolute Gasteiger partial charge is 0.342 e. The molecule has 1 atom stereocenters. The third kappa shape index (κ3) is 4.32. The van der Waals surface area contributed by atoms with E-state index in [1.807, 2.05) is 36.4 Å². The molecule has 0 fully saturated rings. The van der Waals surface area contributed by atoms with Gasteiger partial charge in [0.15, 0.2) is 6.10 Å². The molecule has 0 saturated carbocycles. The van der Waals surface area contributed by atoms with Crippen LogP contribution in [0.4, 0.5) is 11.4 Å². The van der Waals surface area contributed by atoms with Crippen molar-refractivity contribution in [3.8, 4) is 5.75 Å². The van der Waals surface area contributed by atoms with Crippen LogP contribution in [0.3, 0.4) is 0 Å². The molecule has 0 aromatic heterocycles. The standard InChI is InChI=1S/C21H18N2O6/c1-13(20(24)22-18-9-5-7-14-6-3-4-8-16(14)18)29-21(25)17-12-15(23(26)27)10-11-19(17)28-2/h3-13H,1-2H3,(H,22,24)/t13-/m0/s1. The summed E-state index contributed by atoms with van der Waals surface area (Å²) in [4.78, 5) is 35.3. The van der Waals surface area contributed by atoms with Crippen molar-refractivity contribution in [3.63, 3.8) is 0 Å². The van der Waals surface area contributed by atoms with Crippen LogP contribution in [0.25, 0.3) is 10.8 Å². The van der Waals surface area contributed by atoms with Crippen molar-refractivity contribution in [2.45, 2.75) is 13.0 Å². The highest BCUT2D eigenvalue weighted by atomic mass is 16.6. The van der Waals surface area contributed by atoms with Crippen LogP contribution in [0.2, 0.25) is 0 Å². The summed E-state index contributed by atoms with van der Waals surface area (Å²) in [5, 5.41) is 15.5. The molecule has 3 aromatic rings. The highest BCUT2D eigenvalue weighted by Gasteiger charge is 2.24. The first-order valence-electron chi connectivity index (χ1n) is 8.72. The molecule has 3 aromatic carbocycles. The average Bonchev–Trinajstić information content (AvgIpc) is 2.73. The van der Waals surface area contributed by atoms with Crippen molar-refractivity contribution in [3.05, 3.63) is 76.3 Å². The van der Waals surface area contributed by atoms with Crippen molar-refractivity contribution < 1.29 is 24.0 Å². The lowest BCUT2D eigenvalue weighted by Crippen LogP contribution is -2.30. The van der Waals surface area contributed by atoms with Gasteiger partial charge < -0.3 is 14.8 Å². The Balaban J connectivity index is 1.76. The number of ether oxygens (including phenoxy) is 2. The predicted molar refractivity (Wildman–Crippen MR) is 107 cm³/mol. The summed E-state index contributed by atoms with van der Waals surface area (Å²) >= 11 is 0. The van der Waals surface area contributed by atoms with E-state index in [0.29, 0.717) is 5.69 Å². The van der Waals surface area contributed by atoms with Gasteiger partial charge in [-0.1, -0.05) is 36.4 Å². The van der Waals surface area contributed by atoms with Gasteiger partial charge >= 0.3 is 5.97 Å². The molecular formula is C21H18N2O6. The van der Waals surface area contributed by atoms with Crippen LogP contribution in [0.1, 0.15) is 17.3 Å². The highest BCUT2D eigenvalue weighted by molar-refractivity contribution is 6.04. The van der Waals surface area contributed by atoms with Crippen molar-refractivity contribution >= 4 is 34.0 Å². The van der Waals surface area contributed by atoms with Gasteiger partial charge in [-0.3, -0.25) is 14.9 Å². The Hall–Kier alpha value is -3.94. The quantitative estimate of drug-likeness (QED) is 0.385. The molecule has 8 nitrogen and oxygen atoms in total.